The Balaban J connectivity index is 1.56. The first-order valence-corrected chi connectivity index (χ1v) is 11.6. The van der Waals surface area contributed by atoms with E-state index in [9.17, 15) is 9.59 Å². The molecule has 0 fully saturated rings. The Morgan fingerprint density at radius 3 is 2.47 bits per heavy atom. The fourth-order valence-electron chi connectivity index (χ4n) is 3.28. The molecule has 0 unspecified atom stereocenters. The molecule has 32 heavy (non-hydrogen) atoms. The second-order valence-electron chi connectivity index (χ2n) is 7.66. The monoisotopic (exact) mass is 451 g/mol. The van der Waals surface area contributed by atoms with Gasteiger partial charge >= 0.3 is 0 Å². The minimum atomic E-state index is -0.152. The lowest BCUT2D eigenvalue weighted by Gasteiger charge is -2.14. The Kier molecular flexibility index (Phi) is 8.05. The molecule has 0 bridgehead atoms. The molecule has 168 valence electrons. The van der Waals surface area contributed by atoms with Gasteiger partial charge in [0.15, 0.2) is 5.16 Å². The van der Waals surface area contributed by atoms with Gasteiger partial charge in [0.05, 0.1) is 18.2 Å². The van der Waals surface area contributed by atoms with Crippen LogP contribution in [0.5, 0.6) is 0 Å². The zero-order valence-electron chi connectivity index (χ0n) is 18.9. The van der Waals surface area contributed by atoms with Gasteiger partial charge in [-0.05, 0) is 56.5 Å². The molecule has 0 aliphatic carbocycles. The van der Waals surface area contributed by atoms with Crippen LogP contribution in [0.4, 0.5) is 5.69 Å². The summed E-state index contributed by atoms with van der Waals surface area (Å²) >= 11 is 1.32. The van der Waals surface area contributed by atoms with Crippen molar-refractivity contribution in [2.75, 3.05) is 11.1 Å². The Bertz CT molecular complexity index is 1080. The lowest BCUT2D eigenvalue weighted by atomic mass is 10.1. The molecule has 1 atom stereocenters. The number of aryl methyl sites for hydroxylation is 2. The second-order valence-corrected chi connectivity index (χ2v) is 8.60. The molecule has 8 heteroatoms. The first kappa shape index (κ1) is 23.5. The van der Waals surface area contributed by atoms with Crippen LogP contribution >= 0.6 is 11.8 Å². The number of nitrogens with zero attached hydrogens (tertiary/aromatic N) is 3. The highest BCUT2D eigenvalue weighted by Gasteiger charge is 2.17. The summed E-state index contributed by atoms with van der Waals surface area (Å²) in [6.07, 6.45) is 0.117. The van der Waals surface area contributed by atoms with Crippen LogP contribution in [-0.4, -0.2) is 32.3 Å². The maximum absolute atomic E-state index is 12.5. The highest BCUT2D eigenvalue weighted by molar-refractivity contribution is 7.99. The van der Waals surface area contributed by atoms with Crippen LogP contribution in [0.25, 0.3) is 0 Å². The summed E-state index contributed by atoms with van der Waals surface area (Å²) in [5.41, 5.74) is 4.12. The normalized spacial score (nSPS) is 11.8. The lowest BCUT2D eigenvalue weighted by Crippen LogP contribution is -2.28. The topological polar surface area (TPSA) is 88.9 Å². The molecule has 3 rings (SSSR count). The van der Waals surface area contributed by atoms with E-state index in [2.05, 4.69) is 20.8 Å². The van der Waals surface area contributed by atoms with Crippen LogP contribution in [0.2, 0.25) is 0 Å². The standard InChI is InChI=1S/C24H29N5O2S/c1-5-29-21(14-22(30)26-20-12-11-16(2)17(3)13-20)27-28-24(29)32-15-23(31)25-18(4)19-9-7-6-8-10-19/h6-13,18H,5,14-15H2,1-4H3,(H,25,31)(H,26,30)/t18-/m1/s1. The maximum Gasteiger partial charge on any atom is 0.232 e. The van der Waals surface area contributed by atoms with E-state index in [0.717, 1.165) is 16.8 Å². The first-order valence-electron chi connectivity index (χ1n) is 10.6. The number of hydrogen-bond acceptors (Lipinski definition) is 5. The number of hydrogen-bond donors (Lipinski definition) is 2. The van der Waals surface area contributed by atoms with Gasteiger partial charge < -0.3 is 15.2 Å². The van der Waals surface area contributed by atoms with Gasteiger partial charge in [0.25, 0.3) is 0 Å². The Morgan fingerprint density at radius 1 is 1.03 bits per heavy atom. The van der Waals surface area contributed by atoms with Crippen molar-refractivity contribution < 1.29 is 9.59 Å². The van der Waals surface area contributed by atoms with E-state index in [0.29, 0.717) is 17.5 Å². The molecule has 1 aromatic heterocycles. The molecule has 7 nitrogen and oxygen atoms in total. The molecule has 3 aromatic rings. The SMILES string of the molecule is CCn1c(CC(=O)Nc2ccc(C)c(C)c2)nnc1SCC(=O)N[C@H](C)c1ccccc1. The third-order valence-corrected chi connectivity index (χ3v) is 6.20. The van der Waals surface area contributed by atoms with Gasteiger partial charge in [0.2, 0.25) is 11.8 Å². The number of carbonyl (C=O) groups excluding carboxylic acids is 2. The fraction of sp³-hybridized carbons (Fsp3) is 0.333. The third kappa shape index (κ3) is 6.20. The number of aromatic nitrogens is 3. The molecule has 1 heterocycles. The molecular formula is C24H29N5O2S. The minimum absolute atomic E-state index is 0.0713. The number of rotatable bonds is 9. The summed E-state index contributed by atoms with van der Waals surface area (Å²) in [4.78, 5) is 24.9. The summed E-state index contributed by atoms with van der Waals surface area (Å²) in [6.45, 7) is 8.59. The first-order chi connectivity index (χ1) is 15.4. The van der Waals surface area contributed by atoms with Crippen molar-refractivity contribution in [1.29, 1.82) is 0 Å². The van der Waals surface area contributed by atoms with Crippen molar-refractivity contribution in [1.82, 2.24) is 20.1 Å². The molecule has 0 aliphatic rings. The van der Waals surface area contributed by atoms with E-state index < -0.39 is 0 Å². The fourth-order valence-corrected chi connectivity index (χ4v) is 4.11. The summed E-state index contributed by atoms with van der Waals surface area (Å²) in [5, 5.41) is 14.9. The maximum atomic E-state index is 12.5. The Morgan fingerprint density at radius 2 is 1.78 bits per heavy atom. The van der Waals surface area contributed by atoms with Crippen molar-refractivity contribution in [2.45, 2.75) is 51.9 Å². The van der Waals surface area contributed by atoms with Crippen molar-refractivity contribution in [3.63, 3.8) is 0 Å². The van der Waals surface area contributed by atoms with Gasteiger partial charge in [-0.3, -0.25) is 9.59 Å². The lowest BCUT2D eigenvalue weighted by molar-refractivity contribution is -0.119. The zero-order chi connectivity index (χ0) is 23.1. The molecule has 2 aromatic carbocycles. The Labute approximate surface area is 193 Å². The second kappa shape index (κ2) is 10.9. The number of carbonyl (C=O) groups is 2. The number of amides is 2. The van der Waals surface area contributed by atoms with Gasteiger partial charge in [-0.25, -0.2) is 0 Å². The number of nitrogens with one attached hydrogen (secondary N) is 2. The third-order valence-electron chi connectivity index (χ3n) is 5.23. The number of thioether (sulfide) groups is 1. The van der Waals surface area contributed by atoms with Crippen molar-refractivity contribution in [3.05, 3.63) is 71.0 Å². The van der Waals surface area contributed by atoms with Crippen LogP contribution in [0.1, 0.15) is 42.4 Å². The van der Waals surface area contributed by atoms with Gasteiger partial charge in [-0.15, -0.1) is 10.2 Å². The van der Waals surface area contributed by atoms with E-state index in [4.69, 9.17) is 0 Å². The highest BCUT2D eigenvalue weighted by atomic mass is 32.2. The average Bonchev–Trinajstić information content (AvgIpc) is 3.16. The van der Waals surface area contributed by atoms with Gasteiger partial charge in [0, 0.05) is 12.2 Å². The molecule has 0 radical (unpaired) electrons. The van der Waals surface area contributed by atoms with E-state index in [1.54, 1.807) is 0 Å². The molecule has 2 N–H and O–H groups in total. The minimum Gasteiger partial charge on any atom is -0.349 e. The van der Waals surface area contributed by atoms with Crippen LogP contribution < -0.4 is 10.6 Å². The van der Waals surface area contributed by atoms with Crippen LogP contribution in [0, 0.1) is 13.8 Å². The zero-order valence-corrected chi connectivity index (χ0v) is 19.7. The van der Waals surface area contributed by atoms with Crippen LogP contribution in [0.15, 0.2) is 53.7 Å². The van der Waals surface area contributed by atoms with E-state index >= 15 is 0 Å². The molecule has 0 aliphatic heterocycles. The van der Waals surface area contributed by atoms with E-state index in [1.165, 1.54) is 17.3 Å². The van der Waals surface area contributed by atoms with Crippen LogP contribution in [0.3, 0.4) is 0 Å². The smallest absolute Gasteiger partial charge is 0.232 e. The van der Waals surface area contributed by atoms with E-state index in [1.807, 2.05) is 80.8 Å². The highest BCUT2D eigenvalue weighted by Crippen LogP contribution is 2.19. The molecule has 2 amide bonds. The van der Waals surface area contributed by atoms with Crippen molar-refractivity contribution in [3.8, 4) is 0 Å². The summed E-state index contributed by atoms with van der Waals surface area (Å²) in [6, 6.07) is 15.6. The summed E-state index contributed by atoms with van der Waals surface area (Å²) in [7, 11) is 0. The number of benzene rings is 2. The van der Waals surface area contributed by atoms with Crippen molar-refractivity contribution in [2.24, 2.45) is 0 Å². The summed E-state index contributed by atoms with van der Waals surface area (Å²) < 4.78 is 1.87. The largest absolute Gasteiger partial charge is 0.349 e. The number of anilines is 1. The van der Waals surface area contributed by atoms with Gasteiger partial charge in [0.1, 0.15) is 5.82 Å². The molecular weight excluding hydrogens is 422 g/mol. The van der Waals surface area contributed by atoms with Gasteiger partial charge in [-0.2, -0.15) is 0 Å². The Hall–Kier alpha value is -3.13. The predicted octanol–water partition coefficient (Wildman–Crippen LogP) is 4.07. The summed E-state index contributed by atoms with van der Waals surface area (Å²) in [5.74, 6) is 0.575. The quantitative estimate of drug-likeness (QED) is 0.479. The molecule has 0 saturated heterocycles. The predicted molar refractivity (Wildman–Crippen MR) is 128 cm³/mol. The average molecular weight is 452 g/mol. The molecule has 0 saturated carbocycles. The van der Waals surface area contributed by atoms with Gasteiger partial charge in [-0.1, -0.05) is 48.2 Å². The molecule has 0 spiro atoms. The van der Waals surface area contributed by atoms with Crippen molar-refractivity contribution >= 4 is 29.3 Å². The van der Waals surface area contributed by atoms with Crippen LogP contribution in [-0.2, 0) is 22.6 Å². The van der Waals surface area contributed by atoms with E-state index in [-0.39, 0.29) is 30.0 Å².